The summed E-state index contributed by atoms with van der Waals surface area (Å²) in [7, 11) is 5.29. The topological polar surface area (TPSA) is 54.7 Å². The lowest BCUT2D eigenvalue weighted by Gasteiger charge is -2.26. The van der Waals surface area contributed by atoms with Gasteiger partial charge < -0.3 is 19.4 Å². The van der Waals surface area contributed by atoms with E-state index in [1.165, 1.54) is 12.1 Å². The standard InChI is InChI=1S/C21H22ClFN2O3/c1-25(2)18(21-16(22)5-4-6-17(21)23)12-24-11-13-9-20(26)28-19-10-14(27-3)7-8-15(13)19/h4-10,18,24H,11-12H2,1-3H3/t18-/m1/s1. The highest BCUT2D eigenvalue weighted by Crippen LogP contribution is 2.28. The van der Waals surface area contributed by atoms with Crippen LogP contribution < -0.4 is 15.7 Å². The zero-order valence-corrected chi connectivity index (χ0v) is 16.7. The summed E-state index contributed by atoms with van der Waals surface area (Å²) < 4.78 is 24.8. The van der Waals surface area contributed by atoms with Crippen LogP contribution in [0.15, 0.2) is 51.7 Å². The van der Waals surface area contributed by atoms with E-state index in [0.717, 1.165) is 10.9 Å². The SMILES string of the molecule is COc1ccc2c(CNC[C@H](c3c(F)cccc3Cl)N(C)C)cc(=O)oc2c1. The van der Waals surface area contributed by atoms with Crippen molar-refractivity contribution in [3.05, 3.63) is 74.9 Å². The highest BCUT2D eigenvalue weighted by Gasteiger charge is 2.21. The zero-order valence-electron chi connectivity index (χ0n) is 16.0. The van der Waals surface area contributed by atoms with Gasteiger partial charge in [-0.2, -0.15) is 0 Å². The lowest BCUT2D eigenvalue weighted by Crippen LogP contribution is -2.32. The number of nitrogens with zero attached hydrogens (tertiary/aromatic N) is 1. The third kappa shape index (κ3) is 4.35. The summed E-state index contributed by atoms with van der Waals surface area (Å²) in [6, 6.07) is 11.2. The smallest absolute Gasteiger partial charge is 0.336 e. The van der Waals surface area contributed by atoms with Crippen LogP contribution in [0.2, 0.25) is 5.02 Å². The number of likely N-dealkylation sites (N-methyl/N-ethyl adjacent to an activating group) is 1. The van der Waals surface area contributed by atoms with Crippen LogP contribution in [0, 0.1) is 5.82 Å². The monoisotopic (exact) mass is 404 g/mol. The normalized spacial score (nSPS) is 12.5. The molecule has 148 valence electrons. The van der Waals surface area contributed by atoms with Crippen molar-refractivity contribution in [1.82, 2.24) is 10.2 Å². The molecule has 1 heterocycles. The van der Waals surface area contributed by atoms with Gasteiger partial charge in [-0.1, -0.05) is 17.7 Å². The Labute approximate surface area is 167 Å². The van der Waals surface area contributed by atoms with E-state index in [2.05, 4.69) is 5.32 Å². The molecule has 0 saturated carbocycles. The molecule has 1 N–H and O–H groups in total. The number of ether oxygens (including phenoxy) is 1. The van der Waals surface area contributed by atoms with Crippen molar-refractivity contribution >= 4 is 22.6 Å². The third-order valence-electron chi connectivity index (χ3n) is 4.65. The minimum Gasteiger partial charge on any atom is -0.497 e. The maximum absolute atomic E-state index is 14.3. The Bertz CT molecular complexity index is 1020. The predicted octanol–water partition coefficient (Wildman–Crippen LogP) is 3.99. The molecule has 0 spiro atoms. The molecule has 0 saturated heterocycles. The molecule has 5 nitrogen and oxygen atoms in total. The molecule has 0 radical (unpaired) electrons. The second-order valence-corrected chi connectivity index (χ2v) is 7.11. The number of hydrogen-bond donors (Lipinski definition) is 1. The first-order valence-corrected chi connectivity index (χ1v) is 9.20. The number of methoxy groups -OCH3 is 1. The minimum absolute atomic E-state index is 0.264. The van der Waals surface area contributed by atoms with Crippen LogP contribution in [0.4, 0.5) is 4.39 Å². The molecule has 28 heavy (non-hydrogen) atoms. The third-order valence-corrected chi connectivity index (χ3v) is 4.98. The van der Waals surface area contributed by atoms with Gasteiger partial charge in [-0.15, -0.1) is 0 Å². The van der Waals surface area contributed by atoms with E-state index in [4.69, 9.17) is 20.8 Å². The van der Waals surface area contributed by atoms with E-state index >= 15 is 0 Å². The van der Waals surface area contributed by atoms with E-state index in [-0.39, 0.29) is 11.9 Å². The van der Waals surface area contributed by atoms with Crippen molar-refractivity contribution < 1.29 is 13.5 Å². The summed E-state index contributed by atoms with van der Waals surface area (Å²) in [6.07, 6.45) is 0. The minimum atomic E-state index is -0.432. The zero-order chi connectivity index (χ0) is 20.3. The molecule has 1 aromatic heterocycles. The number of rotatable bonds is 7. The number of benzene rings is 2. The summed E-state index contributed by atoms with van der Waals surface area (Å²) in [5.74, 6) is 0.272. The molecular weight excluding hydrogens is 383 g/mol. The first kappa shape index (κ1) is 20.3. The summed E-state index contributed by atoms with van der Waals surface area (Å²) >= 11 is 6.23. The molecule has 0 aliphatic carbocycles. The van der Waals surface area contributed by atoms with Crippen LogP contribution >= 0.6 is 11.6 Å². The fourth-order valence-corrected chi connectivity index (χ4v) is 3.49. The van der Waals surface area contributed by atoms with Crippen LogP contribution in [0.25, 0.3) is 11.0 Å². The summed E-state index contributed by atoms with van der Waals surface area (Å²) in [6.45, 7) is 0.871. The number of fused-ring (bicyclic) bond motifs is 1. The van der Waals surface area contributed by atoms with Crippen LogP contribution in [-0.2, 0) is 6.54 Å². The Kier molecular flexibility index (Phi) is 6.34. The van der Waals surface area contributed by atoms with E-state index in [1.54, 1.807) is 25.3 Å². The van der Waals surface area contributed by atoms with Gasteiger partial charge in [0.05, 0.1) is 13.2 Å². The quantitative estimate of drug-likeness (QED) is 0.603. The Hall–Kier alpha value is -2.41. The summed E-state index contributed by atoms with van der Waals surface area (Å²) in [5.41, 5.74) is 1.28. The average molecular weight is 405 g/mol. The lowest BCUT2D eigenvalue weighted by molar-refractivity contribution is 0.281. The second-order valence-electron chi connectivity index (χ2n) is 6.70. The molecular formula is C21H22ClFN2O3. The molecule has 3 aromatic rings. The van der Waals surface area contributed by atoms with Gasteiger partial charge in [0, 0.05) is 41.2 Å². The molecule has 0 amide bonds. The van der Waals surface area contributed by atoms with Gasteiger partial charge in [0.2, 0.25) is 0 Å². The molecule has 0 aliphatic heterocycles. The molecule has 7 heteroatoms. The lowest BCUT2D eigenvalue weighted by atomic mass is 10.0. The second kappa shape index (κ2) is 8.73. The van der Waals surface area contributed by atoms with E-state index in [1.807, 2.05) is 31.1 Å². The maximum atomic E-state index is 14.3. The molecule has 0 unspecified atom stereocenters. The first-order chi connectivity index (χ1) is 13.4. The van der Waals surface area contributed by atoms with Crippen LogP contribution in [0.3, 0.4) is 0 Å². The average Bonchev–Trinajstić information content (AvgIpc) is 2.65. The molecule has 2 aromatic carbocycles. The molecule has 0 fully saturated rings. The van der Waals surface area contributed by atoms with Gasteiger partial charge >= 0.3 is 5.63 Å². The van der Waals surface area contributed by atoms with E-state index in [9.17, 15) is 9.18 Å². The summed E-state index contributed by atoms with van der Waals surface area (Å²) in [5, 5.41) is 4.51. The van der Waals surface area contributed by atoms with Crippen molar-refractivity contribution in [3.63, 3.8) is 0 Å². The molecule has 0 aliphatic rings. The van der Waals surface area contributed by atoms with Gasteiger partial charge in [-0.3, -0.25) is 0 Å². The van der Waals surface area contributed by atoms with Gasteiger partial charge in [-0.05, 0) is 43.9 Å². The Morgan fingerprint density at radius 1 is 1.25 bits per heavy atom. The van der Waals surface area contributed by atoms with Gasteiger partial charge in [-0.25, -0.2) is 9.18 Å². The fourth-order valence-electron chi connectivity index (χ4n) is 3.20. The Morgan fingerprint density at radius 2 is 2.04 bits per heavy atom. The number of nitrogens with one attached hydrogen (secondary N) is 1. The summed E-state index contributed by atoms with van der Waals surface area (Å²) in [4.78, 5) is 13.8. The predicted molar refractivity (Wildman–Crippen MR) is 109 cm³/mol. The van der Waals surface area contributed by atoms with Crippen LogP contribution in [-0.4, -0.2) is 32.6 Å². The van der Waals surface area contributed by atoms with Crippen molar-refractivity contribution in [3.8, 4) is 5.75 Å². The van der Waals surface area contributed by atoms with Crippen LogP contribution in [0.1, 0.15) is 17.2 Å². The fraction of sp³-hybridized carbons (Fsp3) is 0.286. The first-order valence-electron chi connectivity index (χ1n) is 8.82. The molecule has 3 rings (SSSR count). The molecule has 0 bridgehead atoms. The largest absolute Gasteiger partial charge is 0.497 e. The van der Waals surface area contributed by atoms with Gasteiger partial charge in [0.1, 0.15) is 17.1 Å². The molecule has 1 atom stereocenters. The maximum Gasteiger partial charge on any atom is 0.336 e. The van der Waals surface area contributed by atoms with Crippen molar-refractivity contribution in [1.29, 1.82) is 0 Å². The number of halogens is 2. The van der Waals surface area contributed by atoms with Crippen molar-refractivity contribution in [2.24, 2.45) is 0 Å². The van der Waals surface area contributed by atoms with Crippen molar-refractivity contribution in [2.45, 2.75) is 12.6 Å². The van der Waals surface area contributed by atoms with Gasteiger partial charge in [0.15, 0.2) is 0 Å². The highest BCUT2D eigenvalue weighted by molar-refractivity contribution is 6.31. The highest BCUT2D eigenvalue weighted by atomic mass is 35.5. The Morgan fingerprint density at radius 3 is 2.71 bits per heavy atom. The van der Waals surface area contributed by atoms with E-state index in [0.29, 0.717) is 35.0 Å². The van der Waals surface area contributed by atoms with E-state index < -0.39 is 5.63 Å². The van der Waals surface area contributed by atoms with Crippen LogP contribution in [0.5, 0.6) is 5.75 Å². The Balaban J connectivity index is 1.82. The van der Waals surface area contributed by atoms with Gasteiger partial charge in [0.25, 0.3) is 0 Å². The van der Waals surface area contributed by atoms with Crippen molar-refractivity contribution in [2.75, 3.05) is 27.7 Å². The number of hydrogen-bond acceptors (Lipinski definition) is 5.